The number of ether oxygens (including phenoxy) is 1. The number of nitro groups is 1. The Hall–Kier alpha value is -3.20. The second kappa shape index (κ2) is 8.45. The Balaban J connectivity index is 2.20. The number of rotatable bonds is 7. The summed E-state index contributed by atoms with van der Waals surface area (Å²) in [7, 11) is -3.99. The van der Waals surface area contributed by atoms with E-state index in [0.29, 0.717) is 5.56 Å². The second-order valence-electron chi connectivity index (χ2n) is 5.47. The number of benzene rings is 2. The first-order valence-corrected chi connectivity index (χ1v) is 9.44. The normalized spacial score (nSPS) is 11.3. The topological polar surface area (TPSA) is 116 Å². The first-order valence-electron chi connectivity index (χ1n) is 7.96. The van der Waals surface area contributed by atoms with E-state index < -0.39 is 20.9 Å². The number of hydrogen-bond donors (Lipinski definition) is 1. The van der Waals surface area contributed by atoms with Crippen molar-refractivity contribution < 1.29 is 22.9 Å². The molecule has 2 aromatic carbocycles. The number of nitrogens with zero attached hydrogens (tertiary/aromatic N) is 1. The summed E-state index contributed by atoms with van der Waals surface area (Å²) in [4.78, 5) is 21.5. The van der Waals surface area contributed by atoms with E-state index in [0.717, 1.165) is 0 Å². The third-order valence-electron chi connectivity index (χ3n) is 3.60. The zero-order valence-electron chi connectivity index (χ0n) is 14.7. The minimum absolute atomic E-state index is 0.0593. The SMILES string of the molecule is CCOC(=O)/C=C/c1ccc(NS(=O)(=O)c2cccc([N+](=O)[O-])c2C)cc1. The van der Waals surface area contributed by atoms with E-state index in [2.05, 4.69) is 4.72 Å². The van der Waals surface area contributed by atoms with Crippen molar-refractivity contribution in [2.24, 2.45) is 0 Å². The summed E-state index contributed by atoms with van der Waals surface area (Å²) >= 11 is 0. The summed E-state index contributed by atoms with van der Waals surface area (Å²) in [6.45, 7) is 3.37. The van der Waals surface area contributed by atoms with Gasteiger partial charge in [0.05, 0.1) is 16.4 Å². The van der Waals surface area contributed by atoms with Gasteiger partial charge in [-0.2, -0.15) is 0 Å². The summed E-state index contributed by atoms with van der Waals surface area (Å²) in [6.07, 6.45) is 2.82. The smallest absolute Gasteiger partial charge is 0.330 e. The number of sulfonamides is 1. The Morgan fingerprint density at radius 2 is 1.89 bits per heavy atom. The fourth-order valence-corrected chi connectivity index (χ4v) is 3.64. The summed E-state index contributed by atoms with van der Waals surface area (Å²) in [5, 5.41) is 11.0. The molecule has 0 saturated carbocycles. The zero-order chi connectivity index (χ0) is 20.0. The van der Waals surface area contributed by atoms with Crippen molar-refractivity contribution in [3.63, 3.8) is 0 Å². The van der Waals surface area contributed by atoms with Crippen molar-refractivity contribution in [2.75, 3.05) is 11.3 Å². The van der Waals surface area contributed by atoms with Crippen LogP contribution < -0.4 is 4.72 Å². The molecule has 0 fully saturated rings. The first-order chi connectivity index (χ1) is 12.7. The van der Waals surface area contributed by atoms with Crippen molar-refractivity contribution in [1.29, 1.82) is 0 Å². The van der Waals surface area contributed by atoms with Crippen LogP contribution in [-0.4, -0.2) is 25.9 Å². The summed E-state index contributed by atoms with van der Waals surface area (Å²) in [5.74, 6) is -0.469. The predicted molar refractivity (Wildman–Crippen MR) is 101 cm³/mol. The van der Waals surface area contributed by atoms with Crippen LogP contribution in [0.15, 0.2) is 53.4 Å². The molecule has 0 spiro atoms. The molecule has 1 N–H and O–H groups in total. The number of nitrogens with one attached hydrogen (secondary N) is 1. The largest absolute Gasteiger partial charge is 0.463 e. The van der Waals surface area contributed by atoms with Gasteiger partial charge in [0, 0.05) is 23.4 Å². The lowest BCUT2D eigenvalue weighted by Gasteiger charge is -2.10. The van der Waals surface area contributed by atoms with Crippen molar-refractivity contribution in [3.05, 3.63) is 69.8 Å². The van der Waals surface area contributed by atoms with Crippen molar-refractivity contribution in [3.8, 4) is 0 Å². The highest BCUT2D eigenvalue weighted by Gasteiger charge is 2.22. The van der Waals surface area contributed by atoms with Crippen LogP contribution in [0.1, 0.15) is 18.1 Å². The number of esters is 1. The van der Waals surface area contributed by atoms with Gasteiger partial charge in [0.15, 0.2) is 0 Å². The molecule has 9 heteroatoms. The van der Waals surface area contributed by atoms with Crippen LogP contribution in [0.4, 0.5) is 11.4 Å². The van der Waals surface area contributed by atoms with Crippen LogP contribution in [0.2, 0.25) is 0 Å². The van der Waals surface area contributed by atoms with Crippen molar-refractivity contribution in [1.82, 2.24) is 0 Å². The summed E-state index contributed by atoms with van der Waals surface area (Å²) < 4.78 is 32.3. The lowest BCUT2D eigenvalue weighted by molar-refractivity contribution is -0.385. The van der Waals surface area contributed by atoms with Crippen LogP contribution in [0.3, 0.4) is 0 Å². The Morgan fingerprint density at radius 1 is 1.22 bits per heavy atom. The Bertz CT molecular complexity index is 981. The Kier molecular flexibility index (Phi) is 6.30. The molecule has 8 nitrogen and oxygen atoms in total. The summed E-state index contributed by atoms with van der Waals surface area (Å²) in [5.41, 5.74) is 0.757. The van der Waals surface area contributed by atoms with Gasteiger partial charge in [-0.1, -0.05) is 18.2 Å². The number of anilines is 1. The molecule has 0 saturated heterocycles. The molecule has 0 amide bonds. The maximum absolute atomic E-state index is 12.6. The Morgan fingerprint density at radius 3 is 2.48 bits per heavy atom. The van der Waals surface area contributed by atoms with E-state index in [1.54, 1.807) is 25.1 Å². The molecule has 0 atom stereocenters. The molecule has 0 unspecified atom stereocenters. The average Bonchev–Trinajstić information content (AvgIpc) is 2.61. The predicted octanol–water partition coefficient (Wildman–Crippen LogP) is 3.28. The minimum Gasteiger partial charge on any atom is -0.463 e. The van der Waals surface area contributed by atoms with Crippen LogP contribution >= 0.6 is 0 Å². The van der Waals surface area contributed by atoms with Crippen molar-refractivity contribution in [2.45, 2.75) is 18.7 Å². The highest BCUT2D eigenvalue weighted by Crippen LogP contribution is 2.26. The van der Waals surface area contributed by atoms with Gasteiger partial charge < -0.3 is 4.74 Å². The van der Waals surface area contributed by atoms with E-state index in [-0.39, 0.29) is 28.4 Å². The molecular weight excluding hydrogens is 372 g/mol. The number of nitro benzene ring substituents is 1. The van der Waals surface area contributed by atoms with Crippen LogP contribution in [0, 0.1) is 17.0 Å². The minimum atomic E-state index is -3.99. The van der Waals surface area contributed by atoms with E-state index in [1.807, 2.05) is 0 Å². The van der Waals surface area contributed by atoms with Gasteiger partial charge in [-0.15, -0.1) is 0 Å². The van der Waals surface area contributed by atoms with Gasteiger partial charge in [-0.05, 0) is 43.7 Å². The van der Waals surface area contributed by atoms with E-state index in [1.165, 1.54) is 43.3 Å². The molecule has 0 bridgehead atoms. The summed E-state index contributed by atoms with van der Waals surface area (Å²) in [6, 6.07) is 10.2. The molecule has 142 valence electrons. The number of carbonyl (C=O) groups excluding carboxylic acids is 1. The lowest BCUT2D eigenvalue weighted by Crippen LogP contribution is -2.14. The van der Waals surface area contributed by atoms with Crippen molar-refractivity contribution >= 4 is 33.4 Å². The van der Waals surface area contributed by atoms with Gasteiger partial charge in [0.1, 0.15) is 0 Å². The van der Waals surface area contributed by atoms with Crippen LogP contribution in [0.25, 0.3) is 6.08 Å². The molecule has 0 aliphatic carbocycles. The number of carbonyl (C=O) groups is 1. The quantitative estimate of drug-likeness (QED) is 0.336. The fourth-order valence-electron chi connectivity index (χ4n) is 2.32. The molecule has 27 heavy (non-hydrogen) atoms. The average molecular weight is 390 g/mol. The van der Waals surface area contributed by atoms with Gasteiger partial charge >= 0.3 is 5.97 Å². The monoisotopic (exact) mass is 390 g/mol. The third-order valence-corrected chi connectivity index (χ3v) is 5.13. The van der Waals surface area contributed by atoms with E-state index in [4.69, 9.17) is 4.74 Å². The highest BCUT2D eigenvalue weighted by molar-refractivity contribution is 7.92. The fraction of sp³-hybridized carbons (Fsp3) is 0.167. The zero-order valence-corrected chi connectivity index (χ0v) is 15.5. The van der Waals surface area contributed by atoms with Gasteiger partial charge in [-0.25, -0.2) is 13.2 Å². The maximum atomic E-state index is 12.6. The van der Waals surface area contributed by atoms with Gasteiger partial charge in [0.25, 0.3) is 15.7 Å². The van der Waals surface area contributed by atoms with Gasteiger partial charge in [-0.3, -0.25) is 14.8 Å². The van der Waals surface area contributed by atoms with Crippen LogP contribution in [0.5, 0.6) is 0 Å². The first kappa shape index (κ1) is 20.1. The standard InChI is InChI=1S/C18H18N2O6S/c1-3-26-18(21)12-9-14-7-10-15(11-8-14)19-27(24,25)17-6-4-5-16(13(17)2)20(22)23/h4-12,19H,3H2,1-2H3/b12-9+. The molecule has 2 rings (SSSR count). The molecular formula is C18H18N2O6S. The second-order valence-corrected chi connectivity index (χ2v) is 7.12. The van der Waals surface area contributed by atoms with Gasteiger partial charge in [0.2, 0.25) is 0 Å². The molecule has 0 radical (unpaired) electrons. The third kappa shape index (κ3) is 5.14. The lowest BCUT2D eigenvalue weighted by atomic mass is 10.2. The van der Waals surface area contributed by atoms with E-state index >= 15 is 0 Å². The maximum Gasteiger partial charge on any atom is 0.330 e. The van der Waals surface area contributed by atoms with E-state index in [9.17, 15) is 23.3 Å². The number of hydrogen-bond acceptors (Lipinski definition) is 6. The highest BCUT2D eigenvalue weighted by atomic mass is 32.2. The molecule has 2 aromatic rings. The Labute approximate surface area is 156 Å². The van der Waals surface area contributed by atoms with Crippen LogP contribution in [-0.2, 0) is 19.6 Å². The molecule has 0 aliphatic heterocycles. The molecule has 0 aliphatic rings. The molecule has 0 heterocycles. The molecule has 0 aromatic heterocycles.